The summed E-state index contributed by atoms with van der Waals surface area (Å²) in [6, 6.07) is 23.2. The van der Waals surface area contributed by atoms with E-state index in [0.717, 1.165) is 21.0 Å². The van der Waals surface area contributed by atoms with Gasteiger partial charge in [-0.2, -0.15) is 0 Å². The summed E-state index contributed by atoms with van der Waals surface area (Å²) in [4.78, 5) is 2.16. The zero-order valence-corrected chi connectivity index (χ0v) is 16.9. The number of nitrogens with one attached hydrogen (secondary N) is 1. The number of para-hydroxylation sites is 2. The van der Waals surface area contributed by atoms with E-state index in [1.54, 1.807) is 23.9 Å². The molecule has 0 bridgehead atoms. The van der Waals surface area contributed by atoms with Crippen LogP contribution in [0.5, 0.6) is 5.75 Å². The first-order valence-electron chi connectivity index (χ1n) is 9.00. The first-order chi connectivity index (χ1) is 13.6. The van der Waals surface area contributed by atoms with Gasteiger partial charge in [0.05, 0.1) is 5.02 Å². The predicted octanol–water partition coefficient (Wildman–Crippen LogP) is 4.60. The van der Waals surface area contributed by atoms with Crippen LogP contribution in [0.25, 0.3) is 0 Å². The summed E-state index contributed by atoms with van der Waals surface area (Å²) in [6.07, 6.45) is -0.638. The van der Waals surface area contributed by atoms with Crippen molar-refractivity contribution in [2.75, 3.05) is 18.9 Å². The summed E-state index contributed by atoms with van der Waals surface area (Å²) in [6.45, 7) is 1.23. The molecule has 0 aromatic heterocycles. The molecule has 3 aromatic rings. The van der Waals surface area contributed by atoms with E-state index in [-0.39, 0.29) is 6.61 Å². The zero-order chi connectivity index (χ0) is 19.8. The van der Waals surface area contributed by atoms with Crippen LogP contribution in [-0.4, -0.2) is 24.4 Å². The molecule has 0 fully saturated rings. The molecule has 0 amide bonds. The van der Waals surface area contributed by atoms with E-state index in [1.807, 2.05) is 48.5 Å². The standard InChI is InChI=1S/C22H23ClN2O2S/c23-18-8-2-4-10-20(18)27-15-17(26)14-25-13-16-7-1-5-11-21(16)28-22-12-6-3-9-19(22)24/h1-12,17,25-26H,13-15,24H2. The van der Waals surface area contributed by atoms with Crippen LogP contribution in [0, 0.1) is 0 Å². The molecule has 0 spiro atoms. The fourth-order valence-electron chi connectivity index (χ4n) is 2.62. The van der Waals surface area contributed by atoms with Gasteiger partial charge in [0.25, 0.3) is 0 Å². The van der Waals surface area contributed by atoms with Crippen LogP contribution < -0.4 is 15.8 Å². The summed E-state index contributed by atoms with van der Waals surface area (Å²) in [5.74, 6) is 0.574. The van der Waals surface area contributed by atoms with E-state index in [2.05, 4.69) is 17.4 Å². The number of aliphatic hydroxyl groups excluding tert-OH is 1. The minimum atomic E-state index is -0.638. The number of anilines is 1. The number of hydrogen-bond acceptors (Lipinski definition) is 5. The maximum atomic E-state index is 10.2. The third-order valence-electron chi connectivity index (χ3n) is 4.07. The lowest BCUT2D eigenvalue weighted by Crippen LogP contribution is -2.31. The molecule has 0 aliphatic rings. The van der Waals surface area contributed by atoms with Crippen molar-refractivity contribution in [1.82, 2.24) is 5.32 Å². The van der Waals surface area contributed by atoms with E-state index in [0.29, 0.717) is 23.9 Å². The number of hydrogen-bond donors (Lipinski definition) is 3. The first kappa shape index (κ1) is 20.6. The molecule has 4 nitrogen and oxygen atoms in total. The van der Waals surface area contributed by atoms with Crippen molar-refractivity contribution in [1.29, 1.82) is 0 Å². The smallest absolute Gasteiger partial charge is 0.138 e. The lowest BCUT2D eigenvalue weighted by molar-refractivity contribution is 0.106. The maximum Gasteiger partial charge on any atom is 0.138 e. The fraction of sp³-hybridized carbons (Fsp3) is 0.182. The molecule has 4 N–H and O–H groups in total. The molecule has 0 saturated heterocycles. The Balaban J connectivity index is 1.51. The Morgan fingerprint density at radius 1 is 0.964 bits per heavy atom. The van der Waals surface area contributed by atoms with Crippen LogP contribution >= 0.6 is 23.4 Å². The summed E-state index contributed by atoms with van der Waals surface area (Å²) in [5, 5.41) is 14.0. The highest BCUT2D eigenvalue weighted by Crippen LogP contribution is 2.33. The van der Waals surface area contributed by atoms with Gasteiger partial charge in [0.15, 0.2) is 0 Å². The van der Waals surface area contributed by atoms with Gasteiger partial charge in [-0.15, -0.1) is 0 Å². The molecule has 1 atom stereocenters. The number of rotatable bonds is 9. The highest BCUT2D eigenvalue weighted by molar-refractivity contribution is 7.99. The molecule has 6 heteroatoms. The normalized spacial score (nSPS) is 11.9. The highest BCUT2D eigenvalue weighted by atomic mass is 35.5. The Hall–Kier alpha value is -2.18. The van der Waals surface area contributed by atoms with Crippen molar-refractivity contribution >= 4 is 29.1 Å². The van der Waals surface area contributed by atoms with E-state index in [4.69, 9.17) is 22.1 Å². The van der Waals surface area contributed by atoms with Gasteiger partial charge in [-0.25, -0.2) is 0 Å². The quantitative estimate of drug-likeness (QED) is 0.446. The van der Waals surface area contributed by atoms with Crippen molar-refractivity contribution in [3.05, 3.63) is 83.4 Å². The summed E-state index contributed by atoms with van der Waals surface area (Å²) < 4.78 is 5.58. The van der Waals surface area contributed by atoms with Gasteiger partial charge >= 0.3 is 0 Å². The molecular formula is C22H23ClN2O2S. The van der Waals surface area contributed by atoms with Gasteiger partial charge in [-0.1, -0.05) is 65.8 Å². The first-order valence-corrected chi connectivity index (χ1v) is 10.2. The van der Waals surface area contributed by atoms with Gasteiger partial charge in [0.1, 0.15) is 18.5 Å². The Morgan fingerprint density at radius 3 is 2.43 bits per heavy atom. The average Bonchev–Trinajstić information content (AvgIpc) is 2.70. The lowest BCUT2D eigenvalue weighted by atomic mass is 10.2. The average molecular weight is 415 g/mol. The summed E-state index contributed by atoms with van der Waals surface area (Å²) in [5.41, 5.74) is 7.97. The van der Waals surface area contributed by atoms with Gasteiger partial charge in [0, 0.05) is 28.6 Å². The number of ether oxygens (including phenoxy) is 1. The lowest BCUT2D eigenvalue weighted by Gasteiger charge is -2.15. The van der Waals surface area contributed by atoms with E-state index in [9.17, 15) is 5.11 Å². The van der Waals surface area contributed by atoms with Crippen molar-refractivity contribution in [3.63, 3.8) is 0 Å². The summed E-state index contributed by atoms with van der Waals surface area (Å²) >= 11 is 7.70. The molecule has 0 aliphatic carbocycles. The molecule has 1 unspecified atom stereocenters. The molecule has 0 heterocycles. The molecular weight excluding hydrogens is 392 g/mol. The van der Waals surface area contributed by atoms with Crippen LogP contribution in [0.15, 0.2) is 82.6 Å². The van der Waals surface area contributed by atoms with E-state index in [1.165, 1.54) is 0 Å². The number of aliphatic hydroxyl groups is 1. The van der Waals surface area contributed by atoms with Gasteiger partial charge < -0.3 is 20.9 Å². The van der Waals surface area contributed by atoms with Crippen LogP contribution in [0.2, 0.25) is 5.02 Å². The molecule has 146 valence electrons. The predicted molar refractivity (Wildman–Crippen MR) is 116 cm³/mol. The molecule has 3 aromatic carbocycles. The van der Waals surface area contributed by atoms with Crippen LogP contribution in [0.4, 0.5) is 5.69 Å². The monoisotopic (exact) mass is 414 g/mol. The van der Waals surface area contributed by atoms with E-state index < -0.39 is 6.10 Å². The number of benzene rings is 3. The second-order valence-electron chi connectivity index (χ2n) is 6.27. The minimum Gasteiger partial charge on any atom is -0.489 e. The second kappa shape index (κ2) is 10.4. The third kappa shape index (κ3) is 5.91. The molecule has 0 saturated carbocycles. The second-order valence-corrected chi connectivity index (χ2v) is 7.76. The van der Waals surface area contributed by atoms with Crippen molar-refractivity contribution in [3.8, 4) is 5.75 Å². The Kier molecular flexibility index (Phi) is 7.62. The van der Waals surface area contributed by atoms with Crippen LogP contribution in [0.3, 0.4) is 0 Å². The van der Waals surface area contributed by atoms with Gasteiger partial charge in [-0.3, -0.25) is 0 Å². The van der Waals surface area contributed by atoms with Crippen LogP contribution in [-0.2, 0) is 6.54 Å². The Bertz CT molecular complexity index is 907. The fourth-order valence-corrected chi connectivity index (χ4v) is 3.80. The minimum absolute atomic E-state index is 0.174. The van der Waals surface area contributed by atoms with Gasteiger partial charge in [0.2, 0.25) is 0 Å². The molecule has 3 rings (SSSR count). The SMILES string of the molecule is Nc1ccccc1Sc1ccccc1CNCC(O)COc1ccccc1Cl. The number of nitrogen functional groups attached to an aromatic ring is 1. The van der Waals surface area contributed by atoms with E-state index >= 15 is 0 Å². The topological polar surface area (TPSA) is 67.5 Å². The van der Waals surface area contributed by atoms with Crippen molar-refractivity contribution in [2.45, 2.75) is 22.4 Å². The maximum absolute atomic E-state index is 10.2. The zero-order valence-electron chi connectivity index (χ0n) is 15.3. The third-order valence-corrected chi connectivity index (χ3v) is 5.60. The van der Waals surface area contributed by atoms with Crippen molar-refractivity contribution < 1.29 is 9.84 Å². The summed E-state index contributed by atoms with van der Waals surface area (Å²) in [7, 11) is 0. The molecule has 28 heavy (non-hydrogen) atoms. The highest BCUT2D eigenvalue weighted by Gasteiger charge is 2.09. The Labute approximate surface area is 174 Å². The Morgan fingerprint density at radius 2 is 1.64 bits per heavy atom. The number of halogens is 1. The number of nitrogens with two attached hydrogens (primary N) is 1. The largest absolute Gasteiger partial charge is 0.489 e. The van der Waals surface area contributed by atoms with Gasteiger partial charge in [-0.05, 0) is 35.9 Å². The van der Waals surface area contributed by atoms with Crippen molar-refractivity contribution in [2.24, 2.45) is 0 Å². The van der Waals surface area contributed by atoms with Crippen LogP contribution in [0.1, 0.15) is 5.56 Å². The molecule has 0 radical (unpaired) electrons. The molecule has 0 aliphatic heterocycles.